The number of carboxylic acid groups (broad SMARTS) is 1. The van der Waals surface area contributed by atoms with Crippen molar-refractivity contribution in [1.29, 1.82) is 0 Å². The van der Waals surface area contributed by atoms with Crippen LogP contribution in [-0.2, 0) is 16.0 Å². The molecule has 0 aromatic heterocycles. The summed E-state index contributed by atoms with van der Waals surface area (Å²) in [5, 5.41) is 9.03. The first-order chi connectivity index (χ1) is 7.36. The molecule has 0 bridgehead atoms. The number of hydrogen-bond donors (Lipinski definition) is 2. The SMILES string of the molecule is Cc1cccc(CC(C)(C(N)=O)C(=O)O)c1. The number of carboxylic acids is 1. The Kier molecular flexibility index (Phi) is 3.32. The standard InChI is InChI=1S/C12H15NO3/c1-8-4-3-5-9(6-8)7-12(2,10(13)14)11(15)16/h3-6H,7H2,1-2H3,(H2,13,14)(H,15,16). The fraction of sp³-hybridized carbons (Fsp3) is 0.333. The lowest BCUT2D eigenvalue weighted by Crippen LogP contribution is -2.43. The van der Waals surface area contributed by atoms with Gasteiger partial charge in [-0.3, -0.25) is 9.59 Å². The third kappa shape index (κ3) is 2.39. The van der Waals surface area contributed by atoms with Crippen molar-refractivity contribution in [2.45, 2.75) is 20.3 Å². The zero-order chi connectivity index (χ0) is 12.3. The van der Waals surface area contributed by atoms with E-state index in [1.165, 1.54) is 6.92 Å². The molecule has 4 heteroatoms. The van der Waals surface area contributed by atoms with Gasteiger partial charge in [0.15, 0.2) is 0 Å². The molecule has 86 valence electrons. The Morgan fingerprint density at radius 1 is 1.44 bits per heavy atom. The van der Waals surface area contributed by atoms with Crippen LogP contribution in [0.2, 0.25) is 0 Å². The molecule has 1 amide bonds. The number of amides is 1. The van der Waals surface area contributed by atoms with Crippen molar-refractivity contribution in [3.8, 4) is 0 Å². The summed E-state index contributed by atoms with van der Waals surface area (Å²) < 4.78 is 0. The summed E-state index contributed by atoms with van der Waals surface area (Å²) in [6.07, 6.45) is 0.110. The first-order valence-corrected chi connectivity index (χ1v) is 4.95. The Balaban J connectivity index is 3.02. The Labute approximate surface area is 94.1 Å². The molecule has 0 spiro atoms. The van der Waals surface area contributed by atoms with Crippen LogP contribution in [0, 0.1) is 12.3 Å². The molecule has 1 aromatic rings. The number of benzene rings is 1. The van der Waals surface area contributed by atoms with E-state index in [1.807, 2.05) is 25.1 Å². The van der Waals surface area contributed by atoms with Crippen LogP contribution in [0.15, 0.2) is 24.3 Å². The molecule has 0 aliphatic heterocycles. The van der Waals surface area contributed by atoms with Crippen LogP contribution in [0.25, 0.3) is 0 Å². The van der Waals surface area contributed by atoms with Gasteiger partial charge in [-0.2, -0.15) is 0 Å². The number of nitrogens with two attached hydrogens (primary N) is 1. The van der Waals surface area contributed by atoms with Crippen LogP contribution < -0.4 is 5.73 Å². The number of primary amides is 1. The van der Waals surface area contributed by atoms with E-state index in [4.69, 9.17) is 10.8 Å². The van der Waals surface area contributed by atoms with Gasteiger partial charge >= 0.3 is 5.97 Å². The number of aliphatic carboxylic acids is 1. The molecule has 0 aliphatic carbocycles. The highest BCUT2D eigenvalue weighted by atomic mass is 16.4. The summed E-state index contributed by atoms with van der Waals surface area (Å²) in [5.41, 5.74) is 5.41. The number of rotatable bonds is 4. The monoisotopic (exact) mass is 221 g/mol. The van der Waals surface area contributed by atoms with E-state index >= 15 is 0 Å². The van der Waals surface area contributed by atoms with E-state index in [0.29, 0.717) is 0 Å². The lowest BCUT2D eigenvalue weighted by Gasteiger charge is -2.20. The second-order valence-electron chi connectivity index (χ2n) is 4.17. The van der Waals surface area contributed by atoms with Crippen LogP contribution in [0.5, 0.6) is 0 Å². The molecule has 3 N–H and O–H groups in total. The minimum Gasteiger partial charge on any atom is -0.480 e. The summed E-state index contributed by atoms with van der Waals surface area (Å²) in [5.74, 6) is -2.01. The van der Waals surface area contributed by atoms with Crippen molar-refractivity contribution < 1.29 is 14.7 Å². The van der Waals surface area contributed by atoms with Gasteiger partial charge in [0, 0.05) is 0 Å². The van der Waals surface area contributed by atoms with Crippen LogP contribution in [0.4, 0.5) is 0 Å². The Morgan fingerprint density at radius 2 is 2.06 bits per heavy atom. The van der Waals surface area contributed by atoms with E-state index < -0.39 is 17.3 Å². The van der Waals surface area contributed by atoms with Gasteiger partial charge in [0.1, 0.15) is 5.41 Å². The van der Waals surface area contributed by atoms with Crippen molar-refractivity contribution in [1.82, 2.24) is 0 Å². The smallest absolute Gasteiger partial charge is 0.319 e. The predicted molar refractivity (Wildman–Crippen MR) is 59.8 cm³/mol. The van der Waals surface area contributed by atoms with E-state index in [0.717, 1.165) is 11.1 Å². The minimum absolute atomic E-state index is 0.110. The van der Waals surface area contributed by atoms with Crippen molar-refractivity contribution in [3.05, 3.63) is 35.4 Å². The summed E-state index contributed by atoms with van der Waals surface area (Å²) in [7, 11) is 0. The van der Waals surface area contributed by atoms with Gasteiger partial charge in [0.2, 0.25) is 5.91 Å². The molecule has 16 heavy (non-hydrogen) atoms. The van der Waals surface area contributed by atoms with Crippen LogP contribution in [0.3, 0.4) is 0 Å². The lowest BCUT2D eigenvalue weighted by molar-refractivity contribution is -0.153. The van der Waals surface area contributed by atoms with Crippen molar-refractivity contribution >= 4 is 11.9 Å². The van der Waals surface area contributed by atoms with Crippen molar-refractivity contribution in [2.75, 3.05) is 0 Å². The highest BCUT2D eigenvalue weighted by Gasteiger charge is 2.39. The molecule has 1 rings (SSSR count). The Morgan fingerprint density at radius 3 is 2.50 bits per heavy atom. The normalized spacial score (nSPS) is 14.1. The first-order valence-electron chi connectivity index (χ1n) is 4.95. The number of hydrogen-bond acceptors (Lipinski definition) is 2. The lowest BCUT2D eigenvalue weighted by atomic mass is 9.83. The van der Waals surface area contributed by atoms with Crippen molar-refractivity contribution in [3.63, 3.8) is 0 Å². The maximum Gasteiger partial charge on any atom is 0.319 e. The summed E-state index contributed by atoms with van der Waals surface area (Å²) in [6, 6.07) is 7.38. The van der Waals surface area contributed by atoms with E-state index in [2.05, 4.69) is 0 Å². The molecule has 1 atom stereocenters. The number of carbonyl (C=O) groups is 2. The molecule has 0 heterocycles. The quantitative estimate of drug-likeness (QED) is 0.747. The molecule has 1 unspecified atom stereocenters. The van der Waals surface area contributed by atoms with Gasteiger partial charge in [-0.25, -0.2) is 0 Å². The molecule has 0 aliphatic rings. The van der Waals surface area contributed by atoms with Gasteiger partial charge in [0.05, 0.1) is 0 Å². The fourth-order valence-corrected chi connectivity index (χ4v) is 1.50. The molecule has 0 fully saturated rings. The second kappa shape index (κ2) is 4.35. The zero-order valence-corrected chi connectivity index (χ0v) is 9.36. The van der Waals surface area contributed by atoms with Crippen LogP contribution in [0.1, 0.15) is 18.1 Å². The largest absolute Gasteiger partial charge is 0.480 e. The zero-order valence-electron chi connectivity index (χ0n) is 9.36. The maximum atomic E-state index is 11.2. The van der Waals surface area contributed by atoms with Gasteiger partial charge < -0.3 is 10.8 Å². The summed E-state index contributed by atoms with van der Waals surface area (Å²) >= 11 is 0. The molecular formula is C12H15NO3. The topological polar surface area (TPSA) is 80.4 Å². The van der Waals surface area contributed by atoms with Gasteiger partial charge in [0.25, 0.3) is 0 Å². The molecule has 1 aromatic carbocycles. The van der Waals surface area contributed by atoms with E-state index in [9.17, 15) is 9.59 Å². The molecule has 0 saturated heterocycles. The molecular weight excluding hydrogens is 206 g/mol. The third-order valence-corrected chi connectivity index (χ3v) is 2.66. The summed E-state index contributed by atoms with van der Waals surface area (Å²) in [4.78, 5) is 22.2. The van der Waals surface area contributed by atoms with E-state index in [-0.39, 0.29) is 6.42 Å². The maximum absolute atomic E-state index is 11.2. The van der Waals surface area contributed by atoms with Gasteiger partial charge in [-0.15, -0.1) is 0 Å². The molecule has 0 saturated carbocycles. The number of carbonyl (C=O) groups excluding carboxylic acids is 1. The fourth-order valence-electron chi connectivity index (χ4n) is 1.50. The first kappa shape index (κ1) is 12.2. The van der Waals surface area contributed by atoms with Crippen LogP contribution >= 0.6 is 0 Å². The number of aryl methyl sites for hydroxylation is 1. The van der Waals surface area contributed by atoms with Crippen LogP contribution in [-0.4, -0.2) is 17.0 Å². The highest BCUT2D eigenvalue weighted by molar-refractivity contribution is 6.00. The second-order valence-corrected chi connectivity index (χ2v) is 4.17. The minimum atomic E-state index is -1.55. The Bertz CT molecular complexity index is 412. The average molecular weight is 221 g/mol. The van der Waals surface area contributed by atoms with E-state index in [1.54, 1.807) is 6.07 Å². The van der Waals surface area contributed by atoms with Gasteiger partial charge in [-0.1, -0.05) is 29.8 Å². The third-order valence-electron chi connectivity index (χ3n) is 2.66. The average Bonchev–Trinajstić information content (AvgIpc) is 2.16. The van der Waals surface area contributed by atoms with Gasteiger partial charge in [-0.05, 0) is 25.8 Å². The predicted octanol–water partition coefficient (Wildman–Crippen LogP) is 1.11. The highest BCUT2D eigenvalue weighted by Crippen LogP contribution is 2.23. The molecule has 4 nitrogen and oxygen atoms in total. The molecule has 0 radical (unpaired) electrons. The Hall–Kier alpha value is -1.84. The summed E-state index contributed by atoms with van der Waals surface area (Å²) in [6.45, 7) is 3.26. The van der Waals surface area contributed by atoms with Crippen molar-refractivity contribution in [2.24, 2.45) is 11.1 Å².